The molecule has 0 aliphatic rings. The zero-order valence-electron chi connectivity index (χ0n) is 9.77. The molecule has 0 radical (unpaired) electrons. The highest BCUT2D eigenvalue weighted by Crippen LogP contribution is 2.14. The van der Waals surface area contributed by atoms with Gasteiger partial charge < -0.3 is 9.47 Å². The molecule has 0 atom stereocenters. The van der Waals surface area contributed by atoms with Crippen molar-refractivity contribution in [3.05, 3.63) is 29.8 Å². The van der Waals surface area contributed by atoms with Crippen LogP contribution in [0.3, 0.4) is 0 Å². The third-order valence-corrected chi connectivity index (χ3v) is 2.76. The van der Waals surface area contributed by atoms with E-state index in [9.17, 15) is 0 Å². The van der Waals surface area contributed by atoms with Crippen molar-refractivity contribution in [1.82, 2.24) is 0 Å². The van der Waals surface area contributed by atoms with Crippen LogP contribution in [0.1, 0.15) is 5.56 Å². The molecular formula is C12H18O2S2. The van der Waals surface area contributed by atoms with E-state index in [1.54, 1.807) is 23.5 Å². The fourth-order valence-corrected chi connectivity index (χ4v) is 1.75. The first kappa shape index (κ1) is 13.7. The molecule has 1 aromatic carbocycles. The predicted molar refractivity (Wildman–Crippen MR) is 73.5 cm³/mol. The van der Waals surface area contributed by atoms with Crippen LogP contribution in [-0.2, 0) is 11.2 Å². The zero-order valence-corrected chi connectivity index (χ0v) is 11.4. The Balaban J connectivity index is 2.27. The summed E-state index contributed by atoms with van der Waals surface area (Å²) in [6.07, 6.45) is 5.03. The van der Waals surface area contributed by atoms with E-state index in [1.807, 2.05) is 24.6 Å². The summed E-state index contributed by atoms with van der Waals surface area (Å²) in [6.45, 7) is 0.784. The molecule has 1 rings (SSSR count). The first-order valence-corrected chi connectivity index (χ1v) is 7.93. The SMILES string of the molecule is CSCOCCc1ccc(OCSC)cc1. The minimum absolute atomic E-state index is 0.705. The molecule has 2 nitrogen and oxygen atoms in total. The van der Waals surface area contributed by atoms with Gasteiger partial charge in [0.25, 0.3) is 0 Å². The van der Waals surface area contributed by atoms with Crippen molar-refractivity contribution >= 4 is 23.5 Å². The van der Waals surface area contributed by atoms with E-state index in [-0.39, 0.29) is 0 Å². The average molecular weight is 258 g/mol. The Kier molecular flexibility index (Phi) is 7.55. The highest BCUT2D eigenvalue weighted by atomic mass is 32.2. The van der Waals surface area contributed by atoms with Gasteiger partial charge in [-0.1, -0.05) is 12.1 Å². The quantitative estimate of drug-likeness (QED) is 0.526. The summed E-state index contributed by atoms with van der Waals surface area (Å²) in [5.74, 6) is 2.41. The molecule has 16 heavy (non-hydrogen) atoms. The van der Waals surface area contributed by atoms with E-state index in [0.29, 0.717) is 5.94 Å². The average Bonchev–Trinajstić information content (AvgIpc) is 2.33. The summed E-state index contributed by atoms with van der Waals surface area (Å²) in [7, 11) is 0. The van der Waals surface area contributed by atoms with Crippen LogP contribution in [0.5, 0.6) is 5.75 Å². The largest absolute Gasteiger partial charge is 0.483 e. The van der Waals surface area contributed by atoms with Gasteiger partial charge in [-0.3, -0.25) is 0 Å². The van der Waals surface area contributed by atoms with Crippen LogP contribution in [0.25, 0.3) is 0 Å². The van der Waals surface area contributed by atoms with Gasteiger partial charge in [0.05, 0.1) is 12.5 Å². The Morgan fingerprint density at radius 2 is 1.69 bits per heavy atom. The van der Waals surface area contributed by atoms with Crippen molar-refractivity contribution in [3.8, 4) is 5.75 Å². The standard InChI is InChI=1S/C12H18O2S2/c1-15-9-13-8-7-11-3-5-12(6-4-11)14-10-16-2/h3-6H,7-10H2,1-2H3. The summed E-state index contributed by atoms with van der Waals surface area (Å²) in [6, 6.07) is 8.22. The second-order valence-corrected chi connectivity index (χ2v) is 4.89. The van der Waals surface area contributed by atoms with Gasteiger partial charge in [0.2, 0.25) is 0 Å². The van der Waals surface area contributed by atoms with Gasteiger partial charge in [-0.25, -0.2) is 0 Å². The maximum Gasteiger partial charge on any atom is 0.133 e. The molecule has 0 amide bonds. The predicted octanol–water partition coefficient (Wildman–Crippen LogP) is 3.27. The molecule has 0 aliphatic heterocycles. The molecule has 0 fully saturated rings. The highest BCUT2D eigenvalue weighted by Gasteiger charge is 1.95. The smallest absolute Gasteiger partial charge is 0.133 e. The van der Waals surface area contributed by atoms with E-state index in [2.05, 4.69) is 12.1 Å². The van der Waals surface area contributed by atoms with Crippen LogP contribution >= 0.6 is 23.5 Å². The van der Waals surface area contributed by atoms with Crippen LogP contribution < -0.4 is 4.74 Å². The first-order valence-electron chi connectivity index (χ1n) is 5.14. The van der Waals surface area contributed by atoms with E-state index in [4.69, 9.17) is 9.47 Å². The maximum atomic E-state index is 5.48. The molecule has 0 bridgehead atoms. The molecule has 0 saturated carbocycles. The molecule has 90 valence electrons. The van der Waals surface area contributed by atoms with Crippen molar-refractivity contribution in [2.75, 3.05) is 31.0 Å². The summed E-state index contributed by atoms with van der Waals surface area (Å²) in [4.78, 5) is 0. The van der Waals surface area contributed by atoms with Crippen molar-refractivity contribution in [1.29, 1.82) is 0 Å². The summed E-state index contributed by atoms with van der Waals surface area (Å²) >= 11 is 3.38. The monoisotopic (exact) mass is 258 g/mol. The summed E-state index contributed by atoms with van der Waals surface area (Å²) < 4.78 is 10.9. The number of thioether (sulfide) groups is 2. The lowest BCUT2D eigenvalue weighted by Gasteiger charge is -2.06. The molecular weight excluding hydrogens is 240 g/mol. The van der Waals surface area contributed by atoms with Crippen LogP contribution in [0.2, 0.25) is 0 Å². The molecule has 0 heterocycles. The first-order chi connectivity index (χ1) is 7.86. The van der Waals surface area contributed by atoms with Gasteiger partial charge in [0, 0.05) is 0 Å². The molecule has 0 N–H and O–H groups in total. The lowest BCUT2D eigenvalue weighted by molar-refractivity contribution is 0.186. The van der Waals surface area contributed by atoms with Crippen molar-refractivity contribution < 1.29 is 9.47 Å². The lowest BCUT2D eigenvalue weighted by atomic mass is 10.1. The maximum absolute atomic E-state index is 5.48. The Morgan fingerprint density at radius 1 is 1.00 bits per heavy atom. The number of hydrogen-bond donors (Lipinski definition) is 0. The fraction of sp³-hybridized carbons (Fsp3) is 0.500. The van der Waals surface area contributed by atoms with Gasteiger partial charge in [-0.15, -0.1) is 23.5 Å². The van der Waals surface area contributed by atoms with Crippen molar-refractivity contribution in [3.63, 3.8) is 0 Å². The molecule has 1 aromatic rings. The number of benzene rings is 1. The summed E-state index contributed by atoms with van der Waals surface area (Å²) in [5, 5.41) is 0. The van der Waals surface area contributed by atoms with Crippen LogP contribution in [-0.4, -0.2) is 31.0 Å². The van der Waals surface area contributed by atoms with E-state index >= 15 is 0 Å². The minimum atomic E-state index is 0.705. The normalized spacial score (nSPS) is 10.4. The second kappa shape index (κ2) is 8.79. The van der Waals surface area contributed by atoms with Gasteiger partial charge in [-0.2, -0.15) is 0 Å². The summed E-state index contributed by atoms with van der Waals surface area (Å²) in [5.41, 5.74) is 1.29. The van der Waals surface area contributed by atoms with E-state index in [1.165, 1.54) is 5.56 Å². The van der Waals surface area contributed by atoms with Crippen molar-refractivity contribution in [2.45, 2.75) is 6.42 Å². The fourth-order valence-electron chi connectivity index (χ4n) is 1.21. The zero-order chi connectivity index (χ0) is 11.6. The lowest BCUT2D eigenvalue weighted by Crippen LogP contribution is -1.98. The van der Waals surface area contributed by atoms with E-state index in [0.717, 1.165) is 24.7 Å². The Bertz CT molecular complexity index is 275. The molecule has 0 spiro atoms. The topological polar surface area (TPSA) is 18.5 Å². The third-order valence-electron chi connectivity index (χ3n) is 2.00. The van der Waals surface area contributed by atoms with Crippen LogP contribution in [0.15, 0.2) is 24.3 Å². The highest BCUT2D eigenvalue weighted by molar-refractivity contribution is 7.98. The molecule has 0 aromatic heterocycles. The molecule has 0 unspecified atom stereocenters. The van der Waals surface area contributed by atoms with Crippen molar-refractivity contribution in [2.24, 2.45) is 0 Å². The van der Waals surface area contributed by atoms with Gasteiger partial charge >= 0.3 is 0 Å². The molecule has 0 aliphatic carbocycles. The number of rotatable bonds is 8. The van der Waals surface area contributed by atoms with Crippen LogP contribution in [0.4, 0.5) is 0 Å². The Morgan fingerprint density at radius 3 is 2.31 bits per heavy atom. The Hall–Kier alpha value is -0.320. The number of hydrogen-bond acceptors (Lipinski definition) is 4. The van der Waals surface area contributed by atoms with Gasteiger partial charge in [0.15, 0.2) is 0 Å². The van der Waals surface area contributed by atoms with E-state index < -0.39 is 0 Å². The molecule has 0 saturated heterocycles. The Labute approximate surface area is 106 Å². The van der Waals surface area contributed by atoms with Gasteiger partial charge in [0.1, 0.15) is 11.7 Å². The van der Waals surface area contributed by atoms with Crippen LogP contribution in [0, 0.1) is 0 Å². The molecule has 4 heteroatoms. The minimum Gasteiger partial charge on any atom is -0.483 e. The number of ether oxygens (including phenoxy) is 2. The van der Waals surface area contributed by atoms with Gasteiger partial charge in [-0.05, 0) is 36.6 Å². The second-order valence-electron chi connectivity index (χ2n) is 3.26. The third kappa shape index (κ3) is 5.68.